The topological polar surface area (TPSA) is 156 Å². The van der Waals surface area contributed by atoms with Crippen molar-refractivity contribution in [3.8, 4) is 0 Å². The third kappa shape index (κ3) is 9.24. The Balaban J connectivity index is 2.18. The summed E-state index contributed by atoms with van der Waals surface area (Å²) < 4.78 is 10.2. The molecule has 1 aromatic carbocycles. The highest BCUT2D eigenvalue weighted by Crippen LogP contribution is 2.15. The fraction of sp³-hybridized carbons (Fsp3) is 0.480. The number of carbonyl (C=O) groups excluding carboxylic acids is 4. The number of alkyl halides is 1. The number of aromatic nitrogens is 1. The second-order valence-electron chi connectivity index (χ2n) is 8.76. The van der Waals surface area contributed by atoms with Crippen molar-refractivity contribution in [1.29, 1.82) is 0 Å². The molecular formula is C25H33BrN4O7S. The molecule has 208 valence electrons. The molecule has 2 aromatic rings. The minimum atomic E-state index is -1.74. The highest BCUT2D eigenvalue weighted by molar-refractivity contribution is 9.09. The predicted octanol–water partition coefficient (Wildman–Crippen LogP) is 0.770. The van der Waals surface area contributed by atoms with E-state index in [2.05, 4.69) is 36.9 Å². The molecule has 2 rings (SSSR count). The van der Waals surface area contributed by atoms with Crippen molar-refractivity contribution in [2.24, 2.45) is 0 Å². The molecule has 3 amide bonds. The van der Waals surface area contributed by atoms with Crippen LogP contribution in [0, 0.1) is 6.92 Å². The lowest BCUT2D eigenvalue weighted by molar-refractivity contribution is -0.139. The summed E-state index contributed by atoms with van der Waals surface area (Å²) in [6.45, 7) is 2.74. The van der Waals surface area contributed by atoms with Gasteiger partial charge in [0, 0.05) is 19.5 Å². The first-order chi connectivity index (χ1) is 18.0. The van der Waals surface area contributed by atoms with E-state index in [0.29, 0.717) is 9.88 Å². The summed E-state index contributed by atoms with van der Waals surface area (Å²) >= 11 is 4.31. The first kappa shape index (κ1) is 31.5. The predicted molar refractivity (Wildman–Crippen MR) is 145 cm³/mol. The fourth-order valence-corrected chi connectivity index (χ4v) is 4.40. The Labute approximate surface area is 233 Å². The number of aryl methyl sites for hydroxylation is 1. The van der Waals surface area contributed by atoms with E-state index in [0.717, 1.165) is 5.56 Å². The first-order valence-electron chi connectivity index (χ1n) is 11.7. The Bertz CT molecular complexity index is 1100. The Morgan fingerprint density at radius 2 is 1.55 bits per heavy atom. The molecule has 0 aliphatic heterocycles. The first-order valence-corrected chi connectivity index (χ1v) is 13.6. The van der Waals surface area contributed by atoms with E-state index < -0.39 is 47.2 Å². The Kier molecular flexibility index (Phi) is 12.5. The number of hydrogen-bond acceptors (Lipinski definition) is 9. The molecular weight excluding hydrogens is 580 g/mol. The van der Waals surface area contributed by atoms with E-state index in [1.165, 1.54) is 38.7 Å². The zero-order valence-electron chi connectivity index (χ0n) is 21.7. The molecule has 0 saturated heterocycles. The standard InChI is InChI=1S/C25H33BrN4O7S/c1-15-27-11-20(38-15)24(34)30-19(13-37-4)23(33)29-18(12-36-3)22(32)28-17(21(31)25(2,35)14-26)10-16-8-6-5-7-9-16/h5-9,11,17-19,35H,10,12-14H2,1-4H3,(H,28,32)(H,29,33)(H,30,34)/t17-,18?,19?,25+/m0/s1. The monoisotopic (exact) mass is 612 g/mol. The summed E-state index contributed by atoms with van der Waals surface area (Å²) in [5, 5.41) is 19.0. The number of hydrogen-bond donors (Lipinski definition) is 4. The lowest BCUT2D eigenvalue weighted by Crippen LogP contribution is -2.60. The van der Waals surface area contributed by atoms with Gasteiger partial charge < -0.3 is 30.5 Å². The summed E-state index contributed by atoms with van der Waals surface area (Å²) in [5.41, 5.74) is -0.972. The van der Waals surface area contributed by atoms with Gasteiger partial charge in [-0.2, -0.15) is 0 Å². The summed E-state index contributed by atoms with van der Waals surface area (Å²) in [6, 6.07) is 5.62. The number of thiazole rings is 1. The number of nitrogens with one attached hydrogen (secondary N) is 3. The van der Waals surface area contributed by atoms with Gasteiger partial charge >= 0.3 is 0 Å². The molecule has 0 bridgehead atoms. The molecule has 1 aromatic heterocycles. The van der Waals surface area contributed by atoms with E-state index in [-0.39, 0.29) is 25.0 Å². The van der Waals surface area contributed by atoms with Crippen LogP contribution in [-0.4, -0.2) is 90.1 Å². The quantitative estimate of drug-likeness (QED) is 0.215. The number of methoxy groups -OCH3 is 2. The van der Waals surface area contributed by atoms with Crippen LogP contribution < -0.4 is 16.0 Å². The Morgan fingerprint density at radius 1 is 1.00 bits per heavy atom. The van der Waals surface area contributed by atoms with Crippen LogP contribution in [0.1, 0.15) is 27.2 Å². The maximum Gasteiger partial charge on any atom is 0.263 e. The van der Waals surface area contributed by atoms with Crippen LogP contribution in [-0.2, 0) is 30.3 Å². The van der Waals surface area contributed by atoms with Gasteiger partial charge in [-0.1, -0.05) is 46.3 Å². The van der Waals surface area contributed by atoms with Gasteiger partial charge in [-0.15, -0.1) is 11.3 Å². The molecule has 0 spiro atoms. The molecule has 38 heavy (non-hydrogen) atoms. The van der Waals surface area contributed by atoms with Crippen LogP contribution in [0.25, 0.3) is 0 Å². The zero-order valence-corrected chi connectivity index (χ0v) is 24.1. The molecule has 0 radical (unpaired) electrons. The van der Waals surface area contributed by atoms with Crippen molar-refractivity contribution in [1.82, 2.24) is 20.9 Å². The number of Topliss-reactive ketones (excluding diaryl/α,β-unsaturated/α-hetero) is 1. The largest absolute Gasteiger partial charge is 0.382 e. The third-order valence-corrected chi connectivity index (χ3v) is 7.48. The molecule has 0 fully saturated rings. The summed E-state index contributed by atoms with van der Waals surface area (Å²) in [4.78, 5) is 56.3. The highest BCUT2D eigenvalue weighted by Gasteiger charge is 2.37. The molecule has 4 atom stereocenters. The number of ether oxygens (including phenoxy) is 2. The van der Waals surface area contributed by atoms with Crippen LogP contribution in [0.2, 0.25) is 0 Å². The molecule has 13 heteroatoms. The average Bonchev–Trinajstić information content (AvgIpc) is 3.34. The number of ketones is 1. The van der Waals surface area contributed by atoms with E-state index in [1.807, 2.05) is 6.07 Å². The SMILES string of the molecule is COCC(NC(=O)c1cnc(C)s1)C(=O)NC(COC)C(=O)N[C@@H](Cc1ccccc1)C(=O)[C@](C)(O)CBr. The highest BCUT2D eigenvalue weighted by atomic mass is 79.9. The lowest BCUT2D eigenvalue weighted by Gasteiger charge is -2.28. The smallest absolute Gasteiger partial charge is 0.263 e. The maximum atomic E-state index is 13.2. The van der Waals surface area contributed by atoms with Crippen LogP contribution >= 0.6 is 27.3 Å². The molecule has 0 saturated carbocycles. The van der Waals surface area contributed by atoms with E-state index in [9.17, 15) is 24.3 Å². The number of amides is 3. The molecule has 4 N–H and O–H groups in total. The summed E-state index contributed by atoms with van der Waals surface area (Å²) in [6.07, 6.45) is 1.53. The van der Waals surface area contributed by atoms with Crippen LogP contribution in [0.3, 0.4) is 0 Å². The van der Waals surface area contributed by atoms with Crippen molar-refractivity contribution < 1.29 is 33.8 Å². The van der Waals surface area contributed by atoms with Crippen molar-refractivity contribution >= 4 is 50.8 Å². The molecule has 1 heterocycles. The third-order valence-electron chi connectivity index (χ3n) is 5.47. The lowest BCUT2D eigenvalue weighted by atomic mass is 9.92. The Morgan fingerprint density at radius 3 is 2.05 bits per heavy atom. The van der Waals surface area contributed by atoms with Gasteiger partial charge in [0.15, 0.2) is 5.78 Å². The van der Waals surface area contributed by atoms with Gasteiger partial charge in [0.25, 0.3) is 5.91 Å². The second-order valence-corrected chi connectivity index (χ2v) is 10.6. The number of carbonyl (C=O) groups is 4. The fourth-order valence-electron chi connectivity index (χ4n) is 3.44. The molecule has 2 unspecified atom stereocenters. The minimum Gasteiger partial charge on any atom is -0.382 e. The van der Waals surface area contributed by atoms with Crippen molar-refractivity contribution in [2.45, 2.75) is 44.0 Å². The second kappa shape index (κ2) is 15.0. The average molecular weight is 614 g/mol. The maximum absolute atomic E-state index is 13.2. The number of halogens is 1. The van der Waals surface area contributed by atoms with E-state index in [4.69, 9.17) is 9.47 Å². The number of rotatable bonds is 15. The Hall–Kier alpha value is -2.71. The van der Waals surface area contributed by atoms with Gasteiger partial charge in [-0.05, 0) is 25.8 Å². The van der Waals surface area contributed by atoms with Gasteiger partial charge in [0.05, 0.1) is 30.5 Å². The van der Waals surface area contributed by atoms with E-state index in [1.54, 1.807) is 31.2 Å². The summed E-state index contributed by atoms with van der Waals surface area (Å²) in [5.74, 6) is -2.48. The van der Waals surface area contributed by atoms with Crippen LogP contribution in [0.4, 0.5) is 0 Å². The van der Waals surface area contributed by atoms with Crippen molar-refractivity contribution in [3.05, 3.63) is 52.0 Å². The number of benzene rings is 1. The normalized spacial score (nSPS) is 15.0. The van der Waals surface area contributed by atoms with Gasteiger partial charge in [-0.25, -0.2) is 4.98 Å². The van der Waals surface area contributed by atoms with Crippen molar-refractivity contribution in [2.75, 3.05) is 32.8 Å². The summed E-state index contributed by atoms with van der Waals surface area (Å²) in [7, 11) is 2.73. The van der Waals surface area contributed by atoms with Gasteiger partial charge in [0.2, 0.25) is 11.8 Å². The van der Waals surface area contributed by atoms with Crippen LogP contribution in [0.15, 0.2) is 36.5 Å². The molecule has 11 nitrogen and oxygen atoms in total. The zero-order chi connectivity index (χ0) is 28.3. The van der Waals surface area contributed by atoms with Crippen molar-refractivity contribution in [3.63, 3.8) is 0 Å². The number of nitrogens with zero attached hydrogens (tertiary/aromatic N) is 1. The van der Waals surface area contributed by atoms with E-state index >= 15 is 0 Å². The minimum absolute atomic E-state index is 0.0318. The molecule has 0 aliphatic rings. The van der Waals surface area contributed by atoms with Gasteiger partial charge in [0.1, 0.15) is 22.6 Å². The molecule has 0 aliphatic carbocycles. The number of aliphatic hydroxyl groups is 1. The van der Waals surface area contributed by atoms with Crippen LogP contribution in [0.5, 0.6) is 0 Å². The van der Waals surface area contributed by atoms with Gasteiger partial charge in [-0.3, -0.25) is 19.2 Å².